The number of carbonyl (C=O) groups is 1. The molecule has 66 valence electrons. The van der Waals surface area contributed by atoms with Crippen molar-refractivity contribution in [3.05, 3.63) is 0 Å². The number of rotatable bonds is 6. The van der Waals surface area contributed by atoms with Crippen LogP contribution in [0.3, 0.4) is 0 Å². The molecule has 3 N–H and O–H groups in total. The third-order valence-corrected chi connectivity index (χ3v) is 0.991. The summed E-state index contributed by atoms with van der Waals surface area (Å²) >= 11 is 0. The van der Waals surface area contributed by atoms with Crippen molar-refractivity contribution >= 4 is 5.97 Å². The maximum absolute atomic E-state index is 10.2. The minimum atomic E-state index is -0.855. The van der Waals surface area contributed by atoms with Gasteiger partial charge >= 0.3 is 5.97 Å². The molecular formula is C6H15N3O2. The molecular weight excluding hydrogens is 146 g/mol. The lowest BCUT2D eigenvalue weighted by Crippen LogP contribution is -2.50. The summed E-state index contributed by atoms with van der Waals surface area (Å²) in [5.74, 6) is -0.855. The van der Waals surface area contributed by atoms with Crippen molar-refractivity contribution in [1.82, 2.24) is 16.0 Å². The lowest BCUT2D eigenvalue weighted by molar-refractivity contribution is -0.140. The van der Waals surface area contributed by atoms with Crippen LogP contribution in [0.4, 0.5) is 0 Å². The summed E-state index contributed by atoms with van der Waals surface area (Å²) in [6.45, 7) is 5.20. The summed E-state index contributed by atoms with van der Waals surface area (Å²) in [6.07, 6.45) is 0. The third-order valence-electron chi connectivity index (χ3n) is 0.991. The molecule has 0 spiro atoms. The number of aliphatic carboxylic acids is 1. The van der Waals surface area contributed by atoms with Crippen LogP contribution in [0.5, 0.6) is 0 Å². The topological polar surface area (TPSA) is 64.6 Å². The Morgan fingerprint density at radius 3 is 2.09 bits per heavy atom. The molecule has 0 aromatic carbocycles. The van der Waals surface area contributed by atoms with Crippen LogP contribution in [0.1, 0.15) is 13.8 Å². The Hall–Kier alpha value is -0.650. The fraction of sp³-hybridized carbons (Fsp3) is 0.833. The highest BCUT2D eigenvalue weighted by Gasteiger charge is 2.05. The van der Waals surface area contributed by atoms with Gasteiger partial charge in [0.1, 0.15) is 6.54 Å². The second-order valence-corrected chi connectivity index (χ2v) is 2.00. The highest BCUT2D eigenvalue weighted by molar-refractivity contribution is 5.68. The SMILES string of the molecule is CCNN(CC(=O)O)NCC. The Bertz CT molecular complexity index is 112. The summed E-state index contributed by atoms with van der Waals surface area (Å²) < 4.78 is 0. The summed E-state index contributed by atoms with van der Waals surface area (Å²) in [7, 11) is 0. The van der Waals surface area contributed by atoms with Gasteiger partial charge in [-0.2, -0.15) is 5.12 Å². The molecule has 0 aliphatic rings. The van der Waals surface area contributed by atoms with E-state index in [4.69, 9.17) is 5.11 Å². The summed E-state index contributed by atoms with van der Waals surface area (Å²) in [5, 5.41) is 9.88. The number of nitrogens with zero attached hydrogens (tertiary/aromatic N) is 1. The highest BCUT2D eigenvalue weighted by atomic mass is 16.4. The van der Waals surface area contributed by atoms with Gasteiger partial charge < -0.3 is 5.11 Å². The Kier molecular flexibility index (Phi) is 5.73. The van der Waals surface area contributed by atoms with Gasteiger partial charge in [-0.25, -0.2) is 10.9 Å². The fourth-order valence-electron chi connectivity index (χ4n) is 0.685. The first-order chi connectivity index (χ1) is 5.20. The minimum Gasteiger partial charge on any atom is -0.480 e. The normalized spacial score (nSPS) is 10.5. The minimum absolute atomic E-state index is 0.0400. The molecule has 0 aliphatic heterocycles. The fourth-order valence-corrected chi connectivity index (χ4v) is 0.685. The van der Waals surface area contributed by atoms with E-state index in [9.17, 15) is 4.79 Å². The van der Waals surface area contributed by atoms with Crippen molar-refractivity contribution < 1.29 is 9.90 Å². The van der Waals surface area contributed by atoms with Gasteiger partial charge in [-0.3, -0.25) is 4.79 Å². The van der Waals surface area contributed by atoms with Crippen LogP contribution in [0, 0.1) is 0 Å². The monoisotopic (exact) mass is 161 g/mol. The Morgan fingerprint density at radius 1 is 1.36 bits per heavy atom. The van der Waals surface area contributed by atoms with Gasteiger partial charge in [-0.15, -0.1) is 0 Å². The van der Waals surface area contributed by atoms with Crippen molar-refractivity contribution in [2.45, 2.75) is 13.8 Å². The van der Waals surface area contributed by atoms with E-state index in [1.807, 2.05) is 13.8 Å². The smallest absolute Gasteiger partial charge is 0.320 e. The van der Waals surface area contributed by atoms with Gasteiger partial charge in [0.05, 0.1) is 0 Å². The zero-order valence-corrected chi connectivity index (χ0v) is 6.92. The molecule has 0 fully saturated rings. The van der Waals surface area contributed by atoms with Crippen LogP contribution < -0.4 is 10.9 Å². The van der Waals surface area contributed by atoms with E-state index >= 15 is 0 Å². The largest absolute Gasteiger partial charge is 0.480 e. The summed E-state index contributed by atoms with van der Waals surface area (Å²) in [6, 6.07) is 0. The van der Waals surface area contributed by atoms with Gasteiger partial charge in [0, 0.05) is 13.1 Å². The number of carboxylic acids is 1. The molecule has 0 rings (SSSR count). The molecule has 0 aliphatic carbocycles. The van der Waals surface area contributed by atoms with E-state index in [0.717, 1.165) is 0 Å². The second-order valence-electron chi connectivity index (χ2n) is 2.00. The van der Waals surface area contributed by atoms with Gasteiger partial charge in [0.15, 0.2) is 0 Å². The molecule has 0 aromatic rings. The van der Waals surface area contributed by atoms with E-state index in [-0.39, 0.29) is 6.54 Å². The molecule has 0 saturated heterocycles. The van der Waals surface area contributed by atoms with Crippen molar-refractivity contribution in [3.63, 3.8) is 0 Å². The number of carboxylic acid groups (broad SMARTS) is 1. The Labute approximate surface area is 66.3 Å². The predicted octanol–water partition coefficient (Wildman–Crippen LogP) is -0.578. The number of hydrogen-bond donors (Lipinski definition) is 3. The van der Waals surface area contributed by atoms with Crippen LogP contribution in [-0.2, 0) is 4.79 Å². The molecule has 5 nitrogen and oxygen atoms in total. The van der Waals surface area contributed by atoms with Crippen molar-refractivity contribution in [2.75, 3.05) is 19.6 Å². The summed E-state index contributed by atoms with van der Waals surface area (Å²) in [5.41, 5.74) is 5.71. The van der Waals surface area contributed by atoms with E-state index in [1.54, 1.807) is 0 Å². The van der Waals surface area contributed by atoms with Gasteiger partial charge in [0.2, 0.25) is 0 Å². The first kappa shape index (κ1) is 10.3. The van der Waals surface area contributed by atoms with Gasteiger partial charge in [-0.1, -0.05) is 13.8 Å². The van der Waals surface area contributed by atoms with Crippen LogP contribution >= 0.6 is 0 Å². The molecule has 5 heteroatoms. The molecule has 0 unspecified atom stereocenters. The van der Waals surface area contributed by atoms with Crippen LogP contribution in [0.25, 0.3) is 0 Å². The number of hydrazine groups is 2. The lowest BCUT2D eigenvalue weighted by Gasteiger charge is -2.20. The van der Waals surface area contributed by atoms with E-state index < -0.39 is 5.97 Å². The predicted molar refractivity (Wildman–Crippen MR) is 41.7 cm³/mol. The average molecular weight is 161 g/mol. The van der Waals surface area contributed by atoms with Crippen molar-refractivity contribution in [2.24, 2.45) is 0 Å². The second kappa shape index (κ2) is 6.09. The van der Waals surface area contributed by atoms with Crippen molar-refractivity contribution in [3.8, 4) is 0 Å². The Balaban J connectivity index is 3.59. The van der Waals surface area contributed by atoms with E-state index in [2.05, 4.69) is 10.9 Å². The maximum atomic E-state index is 10.2. The zero-order chi connectivity index (χ0) is 8.69. The highest BCUT2D eigenvalue weighted by Crippen LogP contribution is 1.74. The molecule has 0 atom stereocenters. The summed E-state index contributed by atoms with van der Waals surface area (Å²) in [4.78, 5) is 10.2. The van der Waals surface area contributed by atoms with Crippen LogP contribution in [-0.4, -0.2) is 35.8 Å². The van der Waals surface area contributed by atoms with Gasteiger partial charge in [-0.05, 0) is 0 Å². The van der Waals surface area contributed by atoms with Crippen LogP contribution in [0.2, 0.25) is 0 Å². The van der Waals surface area contributed by atoms with Gasteiger partial charge in [0.25, 0.3) is 0 Å². The molecule has 0 radical (unpaired) electrons. The quantitative estimate of drug-likeness (QED) is 0.455. The zero-order valence-electron chi connectivity index (χ0n) is 6.92. The van der Waals surface area contributed by atoms with Crippen LogP contribution in [0.15, 0.2) is 0 Å². The lowest BCUT2D eigenvalue weighted by atomic mass is 10.6. The van der Waals surface area contributed by atoms with E-state index in [1.165, 1.54) is 5.12 Å². The standard InChI is InChI=1S/C6H15N3O2/c1-3-7-9(8-4-2)5-6(10)11/h7-8H,3-5H2,1-2H3,(H,10,11). The molecule has 11 heavy (non-hydrogen) atoms. The molecule has 0 amide bonds. The van der Waals surface area contributed by atoms with E-state index in [0.29, 0.717) is 13.1 Å². The average Bonchev–Trinajstić information content (AvgIpc) is 1.87. The Morgan fingerprint density at radius 2 is 1.82 bits per heavy atom. The molecule has 0 heterocycles. The molecule has 0 bridgehead atoms. The van der Waals surface area contributed by atoms with Crippen molar-refractivity contribution in [1.29, 1.82) is 0 Å². The third kappa shape index (κ3) is 5.78. The molecule has 0 aromatic heterocycles. The first-order valence-corrected chi connectivity index (χ1v) is 3.67. The first-order valence-electron chi connectivity index (χ1n) is 3.67. The number of hydrogen-bond acceptors (Lipinski definition) is 4. The molecule has 0 saturated carbocycles. The number of nitrogens with one attached hydrogen (secondary N) is 2. The maximum Gasteiger partial charge on any atom is 0.320 e.